The van der Waals surface area contributed by atoms with Crippen LogP contribution < -0.4 is 15.8 Å². The Morgan fingerprint density at radius 3 is 2.59 bits per heavy atom. The van der Waals surface area contributed by atoms with Gasteiger partial charge in [-0.1, -0.05) is 13.8 Å². The molecule has 118 valence electrons. The molecule has 0 spiro atoms. The second kappa shape index (κ2) is 7.66. The van der Waals surface area contributed by atoms with Gasteiger partial charge in [-0.05, 0) is 49.2 Å². The lowest BCUT2D eigenvalue weighted by Gasteiger charge is -2.05. The van der Waals surface area contributed by atoms with Crippen LogP contribution in [0.25, 0.3) is 0 Å². The number of nitrogens with two attached hydrogens (primary N) is 1. The van der Waals surface area contributed by atoms with Gasteiger partial charge in [0.2, 0.25) is 5.91 Å². The molecule has 0 radical (unpaired) electrons. The van der Waals surface area contributed by atoms with E-state index in [4.69, 9.17) is 14.9 Å². The van der Waals surface area contributed by atoms with Crippen LogP contribution in [-0.2, 0) is 6.54 Å². The SMILES string of the molecule is CC(C)CCNCc1ccc(Oc2ccc(C(N)=O)cc2)o1. The first kappa shape index (κ1) is 16.1. The maximum Gasteiger partial charge on any atom is 0.290 e. The molecule has 22 heavy (non-hydrogen) atoms. The number of ether oxygens (including phenoxy) is 1. The van der Waals surface area contributed by atoms with Gasteiger partial charge in [0.25, 0.3) is 5.95 Å². The summed E-state index contributed by atoms with van der Waals surface area (Å²) in [6.07, 6.45) is 1.14. The van der Waals surface area contributed by atoms with Crippen molar-refractivity contribution in [3.05, 3.63) is 47.7 Å². The van der Waals surface area contributed by atoms with Gasteiger partial charge in [-0.15, -0.1) is 0 Å². The highest BCUT2D eigenvalue weighted by molar-refractivity contribution is 5.92. The average Bonchev–Trinajstić information content (AvgIpc) is 2.91. The lowest BCUT2D eigenvalue weighted by atomic mass is 10.1. The van der Waals surface area contributed by atoms with Crippen LogP contribution in [0.2, 0.25) is 0 Å². The summed E-state index contributed by atoms with van der Waals surface area (Å²) in [5.41, 5.74) is 5.64. The summed E-state index contributed by atoms with van der Waals surface area (Å²) < 4.78 is 11.2. The highest BCUT2D eigenvalue weighted by Crippen LogP contribution is 2.24. The normalized spacial score (nSPS) is 10.9. The van der Waals surface area contributed by atoms with E-state index in [1.807, 2.05) is 6.07 Å². The molecule has 1 aromatic heterocycles. The number of carbonyl (C=O) groups is 1. The molecule has 1 heterocycles. The van der Waals surface area contributed by atoms with Crippen LogP contribution in [0.4, 0.5) is 0 Å². The molecule has 1 aromatic carbocycles. The zero-order valence-electron chi connectivity index (χ0n) is 13.0. The van der Waals surface area contributed by atoms with Gasteiger partial charge in [-0.2, -0.15) is 0 Å². The number of nitrogens with one attached hydrogen (secondary N) is 1. The summed E-state index contributed by atoms with van der Waals surface area (Å²) in [6, 6.07) is 10.3. The molecule has 0 aliphatic rings. The second-order valence-electron chi connectivity index (χ2n) is 5.57. The lowest BCUT2D eigenvalue weighted by molar-refractivity contribution is 0.100. The molecule has 0 unspecified atom stereocenters. The Labute approximate surface area is 130 Å². The fourth-order valence-corrected chi connectivity index (χ4v) is 1.91. The molecule has 0 fully saturated rings. The Morgan fingerprint density at radius 2 is 1.95 bits per heavy atom. The summed E-state index contributed by atoms with van der Waals surface area (Å²) in [5, 5.41) is 3.33. The maximum absolute atomic E-state index is 11.0. The molecule has 0 aliphatic carbocycles. The van der Waals surface area contributed by atoms with Gasteiger partial charge in [0.05, 0.1) is 6.54 Å². The van der Waals surface area contributed by atoms with Crippen LogP contribution in [0, 0.1) is 5.92 Å². The number of rotatable bonds is 8. The Balaban J connectivity index is 1.85. The first-order valence-electron chi connectivity index (χ1n) is 7.41. The minimum atomic E-state index is -0.459. The fourth-order valence-electron chi connectivity index (χ4n) is 1.91. The third-order valence-electron chi connectivity index (χ3n) is 3.19. The van der Waals surface area contributed by atoms with E-state index in [1.54, 1.807) is 30.3 Å². The van der Waals surface area contributed by atoms with E-state index in [2.05, 4.69) is 19.2 Å². The van der Waals surface area contributed by atoms with E-state index in [1.165, 1.54) is 0 Å². The molecule has 3 N–H and O–H groups in total. The number of furan rings is 1. The van der Waals surface area contributed by atoms with Crippen molar-refractivity contribution in [3.8, 4) is 11.7 Å². The number of primary amides is 1. The van der Waals surface area contributed by atoms with Crippen LogP contribution in [-0.4, -0.2) is 12.5 Å². The molecule has 0 bridgehead atoms. The smallest absolute Gasteiger partial charge is 0.290 e. The molecule has 5 heteroatoms. The van der Waals surface area contributed by atoms with E-state index >= 15 is 0 Å². The van der Waals surface area contributed by atoms with Gasteiger partial charge in [-0.25, -0.2) is 0 Å². The number of amides is 1. The summed E-state index contributed by atoms with van der Waals surface area (Å²) >= 11 is 0. The van der Waals surface area contributed by atoms with Crippen molar-refractivity contribution in [2.75, 3.05) is 6.54 Å². The highest BCUT2D eigenvalue weighted by Gasteiger charge is 2.06. The molecular formula is C17H22N2O3. The molecule has 0 aliphatic heterocycles. The Kier molecular flexibility index (Phi) is 5.61. The van der Waals surface area contributed by atoms with Crippen molar-refractivity contribution in [1.82, 2.24) is 5.32 Å². The van der Waals surface area contributed by atoms with Crippen LogP contribution in [0.3, 0.4) is 0 Å². The molecule has 2 rings (SSSR count). The largest absolute Gasteiger partial charge is 0.429 e. The van der Waals surface area contributed by atoms with Gasteiger partial charge in [0, 0.05) is 11.6 Å². The van der Waals surface area contributed by atoms with Crippen LogP contribution in [0.1, 0.15) is 36.4 Å². The first-order chi connectivity index (χ1) is 10.5. The molecule has 1 amide bonds. The quantitative estimate of drug-likeness (QED) is 0.733. The number of benzene rings is 1. The van der Waals surface area contributed by atoms with E-state index in [0.717, 1.165) is 18.7 Å². The van der Waals surface area contributed by atoms with Crippen LogP contribution in [0.15, 0.2) is 40.8 Å². The molecular weight excluding hydrogens is 280 g/mol. The fraction of sp³-hybridized carbons (Fsp3) is 0.353. The summed E-state index contributed by atoms with van der Waals surface area (Å²) in [5.74, 6) is 2.07. The summed E-state index contributed by atoms with van der Waals surface area (Å²) in [4.78, 5) is 11.0. The molecule has 2 aromatic rings. The van der Waals surface area contributed by atoms with Crippen molar-refractivity contribution < 1.29 is 13.9 Å². The van der Waals surface area contributed by atoms with E-state index in [0.29, 0.717) is 29.7 Å². The Hall–Kier alpha value is -2.27. The van der Waals surface area contributed by atoms with E-state index in [-0.39, 0.29) is 0 Å². The Morgan fingerprint density at radius 1 is 1.23 bits per heavy atom. The van der Waals surface area contributed by atoms with Gasteiger partial charge in [0.15, 0.2) is 0 Å². The van der Waals surface area contributed by atoms with Crippen molar-refractivity contribution in [1.29, 1.82) is 0 Å². The van der Waals surface area contributed by atoms with Crippen LogP contribution >= 0.6 is 0 Å². The monoisotopic (exact) mass is 302 g/mol. The predicted molar refractivity (Wildman–Crippen MR) is 84.9 cm³/mol. The van der Waals surface area contributed by atoms with Crippen molar-refractivity contribution in [3.63, 3.8) is 0 Å². The van der Waals surface area contributed by atoms with Gasteiger partial charge in [0.1, 0.15) is 11.5 Å². The number of hydrogen-bond acceptors (Lipinski definition) is 4. The number of hydrogen-bond donors (Lipinski definition) is 2. The minimum Gasteiger partial charge on any atom is -0.429 e. The lowest BCUT2D eigenvalue weighted by Crippen LogP contribution is -2.15. The standard InChI is InChI=1S/C17H22N2O3/c1-12(2)9-10-19-11-15-7-8-16(22-15)21-14-5-3-13(4-6-14)17(18)20/h3-8,12,19H,9-11H2,1-2H3,(H2,18,20). The zero-order valence-corrected chi connectivity index (χ0v) is 13.0. The second-order valence-corrected chi connectivity index (χ2v) is 5.57. The first-order valence-corrected chi connectivity index (χ1v) is 7.41. The summed E-state index contributed by atoms with van der Waals surface area (Å²) in [6.45, 7) is 6.04. The molecule has 0 atom stereocenters. The van der Waals surface area contributed by atoms with Gasteiger partial charge >= 0.3 is 0 Å². The molecule has 0 saturated carbocycles. The van der Waals surface area contributed by atoms with Gasteiger partial charge in [-0.3, -0.25) is 4.79 Å². The zero-order chi connectivity index (χ0) is 15.9. The number of carbonyl (C=O) groups excluding carboxylic acids is 1. The highest BCUT2D eigenvalue weighted by atomic mass is 16.6. The van der Waals surface area contributed by atoms with Crippen molar-refractivity contribution >= 4 is 5.91 Å². The topological polar surface area (TPSA) is 77.5 Å². The summed E-state index contributed by atoms with van der Waals surface area (Å²) in [7, 11) is 0. The van der Waals surface area contributed by atoms with Crippen LogP contribution in [0.5, 0.6) is 11.7 Å². The molecule has 5 nitrogen and oxygen atoms in total. The minimum absolute atomic E-state index is 0.424. The third-order valence-corrected chi connectivity index (χ3v) is 3.19. The third kappa shape index (κ3) is 4.93. The van der Waals surface area contributed by atoms with Crippen molar-refractivity contribution in [2.24, 2.45) is 11.7 Å². The maximum atomic E-state index is 11.0. The molecule has 0 saturated heterocycles. The predicted octanol–water partition coefficient (Wildman–Crippen LogP) is 3.31. The Bertz CT molecular complexity index is 603. The van der Waals surface area contributed by atoms with Crippen molar-refractivity contribution in [2.45, 2.75) is 26.8 Å². The van der Waals surface area contributed by atoms with Gasteiger partial charge < -0.3 is 20.2 Å². The van der Waals surface area contributed by atoms with E-state index in [9.17, 15) is 4.79 Å². The van der Waals surface area contributed by atoms with E-state index < -0.39 is 5.91 Å². The average molecular weight is 302 g/mol.